The smallest absolute Gasteiger partial charge is 0.163 e. The van der Waals surface area contributed by atoms with Crippen LogP contribution in [0.4, 0.5) is 0 Å². The second kappa shape index (κ2) is 6.88. The van der Waals surface area contributed by atoms with Crippen molar-refractivity contribution in [3.63, 3.8) is 0 Å². The molecule has 4 N–H and O–H groups in total. The maximum Gasteiger partial charge on any atom is 0.163 e. The van der Waals surface area contributed by atoms with E-state index in [0.717, 1.165) is 28.3 Å². The van der Waals surface area contributed by atoms with Crippen LogP contribution in [0.1, 0.15) is 31.9 Å². The van der Waals surface area contributed by atoms with Gasteiger partial charge in [0.15, 0.2) is 6.23 Å². The number of nitrogens with one attached hydrogen (secondary N) is 2. The predicted molar refractivity (Wildman–Crippen MR) is 102 cm³/mol. The number of nitrogens with zero attached hydrogens (tertiary/aromatic N) is 1. The molecule has 2 atom stereocenters. The van der Waals surface area contributed by atoms with Gasteiger partial charge in [-0.2, -0.15) is 0 Å². The fraction of sp³-hybridized carbons (Fsp3) is 0.333. The first kappa shape index (κ1) is 17.9. The van der Waals surface area contributed by atoms with Crippen LogP contribution in [0.25, 0.3) is 0 Å². The Morgan fingerprint density at radius 1 is 1.33 bits per heavy atom. The maximum atomic E-state index is 10.9. The van der Waals surface area contributed by atoms with Gasteiger partial charge in [-0.15, -0.1) is 0 Å². The van der Waals surface area contributed by atoms with E-state index in [1.807, 2.05) is 62.4 Å². The number of rotatable bonds is 4. The van der Waals surface area contributed by atoms with Gasteiger partial charge in [-0.3, -0.25) is 5.01 Å². The van der Waals surface area contributed by atoms with Crippen molar-refractivity contribution in [2.45, 2.75) is 38.1 Å². The Balaban J connectivity index is 1.59. The van der Waals surface area contributed by atoms with E-state index in [4.69, 9.17) is 4.74 Å². The summed E-state index contributed by atoms with van der Waals surface area (Å²) >= 11 is 0. The Morgan fingerprint density at radius 2 is 2.11 bits per heavy atom. The van der Waals surface area contributed by atoms with Crippen molar-refractivity contribution in [2.24, 2.45) is 0 Å². The molecule has 0 saturated heterocycles. The Bertz CT molecular complexity index is 839. The van der Waals surface area contributed by atoms with Crippen LogP contribution < -0.4 is 10.7 Å². The highest BCUT2D eigenvalue weighted by Gasteiger charge is 2.41. The highest BCUT2D eigenvalue weighted by Crippen LogP contribution is 2.37. The number of ether oxygens (including phenoxy) is 1. The minimum absolute atomic E-state index is 0.278. The van der Waals surface area contributed by atoms with E-state index in [0.29, 0.717) is 6.42 Å². The first-order valence-electron chi connectivity index (χ1n) is 9.15. The van der Waals surface area contributed by atoms with E-state index in [1.54, 1.807) is 11.3 Å². The molecular weight excluding hydrogens is 342 g/mol. The highest BCUT2D eigenvalue weighted by molar-refractivity contribution is 5.47. The van der Waals surface area contributed by atoms with Gasteiger partial charge in [0.25, 0.3) is 0 Å². The number of benzene rings is 1. The summed E-state index contributed by atoms with van der Waals surface area (Å²) in [6.07, 6.45) is 6.68. The Morgan fingerprint density at radius 3 is 2.89 bits per heavy atom. The highest BCUT2D eigenvalue weighted by atomic mass is 16.5. The van der Waals surface area contributed by atoms with Gasteiger partial charge in [-0.25, -0.2) is 5.43 Å². The molecule has 1 aromatic carbocycles. The van der Waals surface area contributed by atoms with E-state index in [2.05, 4.69) is 10.7 Å². The third kappa shape index (κ3) is 3.39. The van der Waals surface area contributed by atoms with Crippen molar-refractivity contribution in [3.05, 3.63) is 83.1 Å². The molecule has 2 heterocycles. The fourth-order valence-corrected chi connectivity index (χ4v) is 3.57. The average molecular weight is 367 g/mol. The molecule has 142 valence electrons. The van der Waals surface area contributed by atoms with Gasteiger partial charge in [0.05, 0.1) is 23.6 Å². The quantitative estimate of drug-likeness (QED) is 0.654. The lowest BCUT2D eigenvalue weighted by molar-refractivity contribution is -0.0742. The third-order valence-electron chi connectivity index (χ3n) is 5.09. The van der Waals surface area contributed by atoms with Gasteiger partial charge in [-0.1, -0.05) is 36.4 Å². The number of hydrogen-bond donors (Lipinski definition) is 4. The molecule has 0 bridgehead atoms. The number of aliphatic hydroxyl groups excluding tert-OH is 2. The lowest BCUT2D eigenvalue weighted by atomic mass is 9.91. The molecule has 2 aliphatic heterocycles. The summed E-state index contributed by atoms with van der Waals surface area (Å²) in [6, 6.07) is 9.49. The Labute approximate surface area is 159 Å². The molecule has 4 rings (SSSR count). The predicted octanol–water partition coefficient (Wildman–Crippen LogP) is 2.20. The van der Waals surface area contributed by atoms with Gasteiger partial charge >= 0.3 is 0 Å². The lowest BCUT2D eigenvalue weighted by Crippen LogP contribution is -2.64. The number of hydrogen-bond acceptors (Lipinski definition) is 6. The number of aliphatic hydroxyl groups is 2. The number of allylic oxidation sites excluding steroid dienone is 5. The van der Waals surface area contributed by atoms with Crippen molar-refractivity contribution in [1.82, 2.24) is 15.8 Å². The van der Waals surface area contributed by atoms with Crippen LogP contribution in [0.5, 0.6) is 0 Å². The number of hydrazine groups is 1. The zero-order valence-electron chi connectivity index (χ0n) is 15.5. The van der Waals surface area contributed by atoms with Crippen LogP contribution in [-0.4, -0.2) is 33.5 Å². The molecule has 0 aromatic heterocycles. The molecule has 0 amide bonds. The fourth-order valence-electron chi connectivity index (χ4n) is 3.57. The van der Waals surface area contributed by atoms with Crippen molar-refractivity contribution < 1.29 is 14.9 Å². The third-order valence-corrected chi connectivity index (χ3v) is 5.09. The van der Waals surface area contributed by atoms with Gasteiger partial charge in [0, 0.05) is 30.3 Å². The average Bonchev–Trinajstić information content (AvgIpc) is 2.67. The summed E-state index contributed by atoms with van der Waals surface area (Å²) in [5.74, 6) is 0.778. The van der Waals surface area contributed by atoms with E-state index in [1.165, 1.54) is 0 Å². The molecule has 0 radical (unpaired) electrons. The molecule has 1 aromatic rings. The molecule has 6 nitrogen and oxygen atoms in total. The Kier molecular flexibility index (Phi) is 4.55. The zero-order chi connectivity index (χ0) is 19.0. The van der Waals surface area contributed by atoms with Crippen molar-refractivity contribution in [2.75, 3.05) is 6.54 Å². The molecule has 0 spiro atoms. The Hall–Kier alpha value is -2.54. The van der Waals surface area contributed by atoms with Crippen molar-refractivity contribution in [1.29, 1.82) is 0 Å². The van der Waals surface area contributed by atoms with Gasteiger partial charge in [0.2, 0.25) is 0 Å². The normalized spacial score (nSPS) is 24.1. The topological polar surface area (TPSA) is 77.0 Å². The summed E-state index contributed by atoms with van der Waals surface area (Å²) in [4.78, 5) is 0. The minimum Gasteiger partial charge on any atom is -0.465 e. The van der Waals surface area contributed by atoms with Crippen molar-refractivity contribution in [3.8, 4) is 0 Å². The van der Waals surface area contributed by atoms with Gasteiger partial charge < -0.3 is 20.3 Å². The van der Waals surface area contributed by atoms with E-state index in [-0.39, 0.29) is 6.54 Å². The molecule has 3 aliphatic rings. The minimum atomic E-state index is -0.819. The SMILES string of the molecule is CC1(C)NC2=C(C=C3OC=CC=C3C2)N(NCC(O)c2ccccc2)[C@@H]1O. The van der Waals surface area contributed by atoms with Crippen molar-refractivity contribution >= 4 is 0 Å². The molecule has 0 fully saturated rings. The molecule has 1 aliphatic carbocycles. The molecule has 1 unspecified atom stereocenters. The molecule has 6 heteroatoms. The van der Waals surface area contributed by atoms with Gasteiger partial charge in [0.1, 0.15) is 5.76 Å². The van der Waals surface area contributed by atoms with Gasteiger partial charge in [-0.05, 0) is 25.5 Å². The van der Waals surface area contributed by atoms with Crippen LogP contribution >= 0.6 is 0 Å². The summed E-state index contributed by atoms with van der Waals surface area (Å²) in [6.45, 7) is 4.18. The van der Waals surface area contributed by atoms with Crippen LogP contribution in [0.2, 0.25) is 0 Å². The molecular formula is C21H25N3O3. The lowest BCUT2D eigenvalue weighted by Gasteiger charge is -2.48. The standard InChI is InChI=1S/C21H25N3O3/c1-21(2)20(26)24(22-13-18(25)14-7-4-3-5-8-14)17-12-19-15(9-6-10-27-19)11-16(17)23-21/h3-10,12,18,20,22-23,25-26H,11,13H2,1-2H3/t18?,20-/m1/s1. The second-order valence-electron chi connectivity index (χ2n) is 7.57. The van der Waals surface area contributed by atoms with E-state index >= 15 is 0 Å². The first-order chi connectivity index (χ1) is 13.0. The largest absolute Gasteiger partial charge is 0.465 e. The summed E-state index contributed by atoms with van der Waals surface area (Å²) < 4.78 is 5.63. The van der Waals surface area contributed by atoms with Crippen LogP contribution in [0.3, 0.4) is 0 Å². The maximum absolute atomic E-state index is 10.9. The van der Waals surface area contributed by atoms with Crippen LogP contribution in [-0.2, 0) is 4.74 Å². The molecule has 27 heavy (non-hydrogen) atoms. The van der Waals surface area contributed by atoms with Crippen LogP contribution in [0.15, 0.2) is 77.5 Å². The molecule has 0 saturated carbocycles. The van der Waals surface area contributed by atoms with E-state index < -0.39 is 17.9 Å². The summed E-state index contributed by atoms with van der Waals surface area (Å²) in [7, 11) is 0. The second-order valence-corrected chi connectivity index (χ2v) is 7.57. The van der Waals surface area contributed by atoms with Crippen LogP contribution in [0, 0.1) is 0 Å². The zero-order valence-corrected chi connectivity index (χ0v) is 15.5. The van der Waals surface area contributed by atoms with E-state index in [9.17, 15) is 10.2 Å². The first-order valence-corrected chi connectivity index (χ1v) is 9.15. The summed E-state index contributed by atoms with van der Waals surface area (Å²) in [5.41, 5.74) is 6.43. The monoisotopic (exact) mass is 367 g/mol. The number of fused-ring (bicyclic) bond motifs is 1. The summed E-state index contributed by atoms with van der Waals surface area (Å²) in [5, 5.41) is 26.6.